The van der Waals surface area contributed by atoms with E-state index in [0.717, 1.165) is 13.1 Å². The van der Waals surface area contributed by atoms with Crippen molar-refractivity contribution < 1.29 is 9.34 Å². The lowest BCUT2D eigenvalue weighted by atomic mass is 10.1. The van der Waals surface area contributed by atoms with Crippen molar-refractivity contribution in [1.29, 1.82) is 0 Å². The third kappa shape index (κ3) is 2.88. The Morgan fingerprint density at radius 1 is 1.50 bits per heavy atom. The molecule has 0 saturated heterocycles. The molecule has 1 aromatic carbocycles. The van der Waals surface area contributed by atoms with Crippen molar-refractivity contribution in [3.8, 4) is 0 Å². The standard InChI is InChI=1S/C13H17N3O4/c1-3-14-7-9(2)8-15-11-6-10(16(18)19)4-5-12(11)20-13(15)17/h4-6,9,14H,3,7-8H2,1-2H3. The van der Waals surface area contributed by atoms with Gasteiger partial charge in [0.1, 0.15) is 0 Å². The molecule has 108 valence electrons. The van der Waals surface area contributed by atoms with Gasteiger partial charge in [-0.15, -0.1) is 0 Å². The Balaban J connectivity index is 2.36. The third-order valence-corrected chi connectivity index (χ3v) is 3.10. The quantitative estimate of drug-likeness (QED) is 0.642. The fourth-order valence-electron chi connectivity index (χ4n) is 2.10. The molecule has 20 heavy (non-hydrogen) atoms. The predicted molar refractivity (Wildman–Crippen MR) is 74.8 cm³/mol. The van der Waals surface area contributed by atoms with Crippen molar-refractivity contribution in [2.45, 2.75) is 20.4 Å². The maximum atomic E-state index is 11.8. The summed E-state index contributed by atoms with van der Waals surface area (Å²) in [5.74, 6) is -0.267. The first-order chi connectivity index (χ1) is 9.52. The number of non-ortho nitro benzene ring substituents is 1. The second-order valence-electron chi connectivity index (χ2n) is 4.80. The fourth-order valence-corrected chi connectivity index (χ4v) is 2.10. The zero-order chi connectivity index (χ0) is 14.7. The van der Waals surface area contributed by atoms with Crippen LogP contribution in [0.4, 0.5) is 5.69 Å². The van der Waals surface area contributed by atoms with Crippen LogP contribution in [0.1, 0.15) is 13.8 Å². The number of rotatable bonds is 6. The van der Waals surface area contributed by atoms with Crippen LogP contribution in [0.25, 0.3) is 11.1 Å². The topological polar surface area (TPSA) is 90.3 Å². The van der Waals surface area contributed by atoms with E-state index in [4.69, 9.17) is 4.42 Å². The van der Waals surface area contributed by atoms with Crippen molar-refractivity contribution in [1.82, 2.24) is 9.88 Å². The summed E-state index contributed by atoms with van der Waals surface area (Å²) in [4.78, 5) is 22.2. The Bertz CT molecular complexity index is 674. The van der Waals surface area contributed by atoms with E-state index in [1.165, 1.54) is 22.8 Å². The molecule has 1 unspecified atom stereocenters. The molecule has 1 aromatic heterocycles. The van der Waals surface area contributed by atoms with Crippen LogP contribution in [-0.4, -0.2) is 22.6 Å². The number of nitro groups is 1. The van der Waals surface area contributed by atoms with Gasteiger partial charge in [0.15, 0.2) is 5.58 Å². The molecule has 7 nitrogen and oxygen atoms in total. The summed E-state index contributed by atoms with van der Waals surface area (Å²) >= 11 is 0. The summed E-state index contributed by atoms with van der Waals surface area (Å²) in [5.41, 5.74) is 0.787. The first-order valence-electron chi connectivity index (χ1n) is 6.51. The van der Waals surface area contributed by atoms with Crippen LogP contribution >= 0.6 is 0 Å². The molecule has 0 radical (unpaired) electrons. The highest BCUT2D eigenvalue weighted by molar-refractivity contribution is 5.75. The number of nitrogens with one attached hydrogen (secondary N) is 1. The van der Waals surface area contributed by atoms with Crippen molar-refractivity contribution in [2.75, 3.05) is 13.1 Å². The molecule has 0 fully saturated rings. The molecule has 0 spiro atoms. The lowest BCUT2D eigenvalue weighted by molar-refractivity contribution is -0.384. The number of oxazole rings is 1. The highest BCUT2D eigenvalue weighted by Gasteiger charge is 2.15. The Hall–Kier alpha value is -2.15. The van der Waals surface area contributed by atoms with Gasteiger partial charge < -0.3 is 9.73 Å². The minimum atomic E-state index is -0.483. The van der Waals surface area contributed by atoms with Crippen LogP contribution in [0, 0.1) is 16.0 Å². The Labute approximate surface area is 115 Å². The number of nitrogens with zero attached hydrogens (tertiary/aromatic N) is 2. The molecular weight excluding hydrogens is 262 g/mol. The maximum Gasteiger partial charge on any atom is 0.419 e. The molecule has 7 heteroatoms. The van der Waals surface area contributed by atoms with E-state index in [1.54, 1.807) is 0 Å². The Kier molecular flexibility index (Phi) is 4.19. The monoisotopic (exact) mass is 279 g/mol. The van der Waals surface area contributed by atoms with E-state index in [-0.39, 0.29) is 11.6 Å². The van der Waals surface area contributed by atoms with Crippen LogP contribution in [0.5, 0.6) is 0 Å². The van der Waals surface area contributed by atoms with Gasteiger partial charge in [0.2, 0.25) is 0 Å². The molecule has 0 saturated carbocycles. The molecule has 0 aliphatic rings. The van der Waals surface area contributed by atoms with E-state index in [2.05, 4.69) is 5.32 Å². The van der Waals surface area contributed by atoms with Gasteiger partial charge in [-0.3, -0.25) is 14.7 Å². The maximum absolute atomic E-state index is 11.8. The molecule has 1 N–H and O–H groups in total. The number of hydrogen-bond donors (Lipinski definition) is 1. The summed E-state index contributed by atoms with van der Waals surface area (Å²) in [5, 5.41) is 14.0. The van der Waals surface area contributed by atoms with Crippen molar-refractivity contribution in [2.24, 2.45) is 5.92 Å². The highest BCUT2D eigenvalue weighted by atomic mass is 16.6. The van der Waals surface area contributed by atoms with Gasteiger partial charge in [0.05, 0.1) is 10.4 Å². The van der Waals surface area contributed by atoms with E-state index >= 15 is 0 Å². The van der Waals surface area contributed by atoms with Crippen molar-refractivity contribution >= 4 is 16.8 Å². The summed E-state index contributed by atoms with van der Waals surface area (Å²) < 4.78 is 6.55. The molecule has 1 atom stereocenters. The normalized spacial score (nSPS) is 12.7. The Morgan fingerprint density at radius 2 is 2.25 bits per heavy atom. The van der Waals surface area contributed by atoms with Gasteiger partial charge in [-0.25, -0.2) is 4.79 Å². The molecule has 0 amide bonds. The number of benzene rings is 1. The lowest BCUT2D eigenvalue weighted by Crippen LogP contribution is -2.26. The Morgan fingerprint density at radius 3 is 2.90 bits per heavy atom. The molecule has 0 bridgehead atoms. The van der Waals surface area contributed by atoms with Gasteiger partial charge in [-0.05, 0) is 25.1 Å². The zero-order valence-corrected chi connectivity index (χ0v) is 11.5. The van der Waals surface area contributed by atoms with Crippen LogP contribution in [0.3, 0.4) is 0 Å². The van der Waals surface area contributed by atoms with Crippen LogP contribution in [-0.2, 0) is 6.54 Å². The minimum absolute atomic E-state index is 0.0496. The summed E-state index contributed by atoms with van der Waals surface area (Å²) in [6.45, 7) is 6.10. The van der Waals surface area contributed by atoms with Crippen molar-refractivity contribution in [3.63, 3.8) is 0 Å². The SMILES string of the molecule is CCNCC(C)Cn1c(=O)oc2ccc([N+](=O)[O-])cc21. The fraction of sp³-hybridized carbons (Fsp3) is 0.462. The van der Waals surface area contributed by atoms with Crippen molar-refractivity contribution in [3.05, 3.63) is 38.9 Å². The average Bonchev–Trinajstić information content (AvgIpc) is 2.72. The van der Waals surface area contributed by atoms with Crippen LogP contribution in [0.15, 0.2) is 27.4 Å². The molecule has 1 heterocycles. The lowest BCUT2D eigenvalue weighted by Gasteiger charge is -2.11. The second-order valence-corrected chi connectivity index (χ2v) is 4.80. The molecule has 0 aliphatic heterocycles. The van der Waals surface area contributed by atoms with E-state index in [9.17, 15) is 14.9 Å². The van der Waals surface area contributed by atoms with E-state index < -0.39 is 10.7 Å². The summed E-state index contributed by atoms with van der Waals surface area (Å²) in [6.07, 6.45) is 0. The summed E-state index contributed by atoms with van der Waals surface area (Å²) in [6, 6.07) is 4.16. The number of nitro benzene ring substituents is 1. The van der Waals surface area contributed by atoms with Gasteiger partial charge in [0, 0.05) is 18.7 Å². The first kappa shape index (κ1) is 14.3. The average molecular weight is 279 g/mol. The summed E-state index contributed by atoms with van der Waals surface area (Å²) in [7, 11) is 0. The predicted octanol–water partition coefficient (Wildman–Crippen LogP) is 1.75. The van der Waals surface area contributed by atoms with Crippen LogP contribution < -0.4 is 11.1 Å². The molecule has 2 rings (SSSR count). The van der Waals surface area contributed by atoms with E-state index in [1.807, 2.05) is 13.8 Å². The zero-order valence-electron chi connectivity index (χ0n) is 11.5. The smallest absolute Gasteiger partial charge is 0.408 e. The minimum Gasteiger partial charge on any atom is -0.408 e. The molecular formula is C13H17N3O4. The van der Waals surface area contributed by atoms with Gasteiger partial charge in [-0.2, -0.15) is 0 Å². The van der Waals surface area contributed by atoms with E-state index in [0.29, 0.717) is 17.6 Å². The first-order valence-corrected chi connectivity index (χ1v) is 6.51. The van der Waals surface area contributed by atoms with Gasteiger partial charge in [0.25, 0.3) is 5.69 Å². The van der Waals surface area contributed by atoms with Gasteiger partial charge >= 0.3 is 5.76 Å². The second kappa shape index (κ2) is 5.87. The van der Waals surface area contributed by atoms with Gasteiger partial charge in [-0.1, -0.05) is 13.8 Å². The number of fused-ring (bicyclic) bond motifs is 1. The largest absolute Gasteiger partial charge is 0.419 e. The molecule has 0 aliphatic carbocycles. The number of hydrogen-bond acceptors (Lipinski definition) is 5. The highest BCUT2D eigenvalue weighted by Crippen LogP contribution is 2.20. The van der Waals surface area contributed by atoms with Crippen LogP contribution in [0.2, 0.25) is 0 Å². The number of aromatic nitrogens is 1. The third-order valence-electron chi connectivity index (χ3n) is 3.10. The molecule has 2 aromatic rings.